The standard InChI is InChI=1S/C16H12F2O4/c1-2-22-16(21)11-5-3-4-10(15(19)20)14(11)12-8-9(17)6-7-13(12)18/h3-8H,2H2,1H3,(H,19,20). The molecule has 0 aromatic heterocycles. The Morgan fingerprint density at radius 3 is 2.45 bits per heavy atom. The summed E-state index contributed by atoms with van der Waals surface area (Å²) >= 11 is 0. The zero-order chi connectivity index (χ0) is 16.3. The molecule has 1 N–H and O–H groups in total. The van der Waals surface area contributed by atoms with Gasteiger partial charge in [0, 0.05) is 11.1 Å². The van der Waals surface area contributed by atoms with E-state index in [1.165, 1.54) is 18.2 Å². The van der Waals surface area contributed by atoms with Gasteiger partial charge in [0.15, 0.2) is 0 Å². The van der Waals surface area contributed by atoms with Gasteiger partial charge in [-0.3, -0.25) is 0 Å². The first-order valence-corrected chi connectivity index (χ1v) is 6.44. The third-order valence-corrected chi connectivity index (χ3v) is 2.99. The Bertz CT molecular complexity index is 741. The van der Waals surface area contributed by atoms with E-state index in [1.54, 1.807) is 6.92 Å². The fourth-order valence-corrected chi connectivity index (χ4v) is 2.09. The van der Waals surface area contributed by atoms with Gasteiger partial charge in [0.25, 0.3) is 0 Å². The minimum Gasteiger partial charge on any atom is -0.478 e. The van der Waals surface area contributed by atoms with Crippen molar-refractivity contribution in [3.8, 4) is 11.1 Å². The van der Waals surface area contributed by atoms with E-state index in [2.05, 4.69) is 0 Å². The van der Waals surface area contributed by atoms with Gasteiger partial charge < -0.3 is 9.84 Å². The number of benzene rings is 2. The summed E-state index contributed by atoms with van der Waals surface area (Å²) in [5.74, 6) is -3.74. The van der Waals surface area contributed by atoms with Crippen LogP contribution in [0.15, 0.2) is 36.4 Å². The molecule has 0 amide bonds. The Morgan fingerprint density at radius 1 is 1.14 bits per heavy atom. The first-order chi connectivity index (χ1) is 10.5. The molecule has 0 spiro atoms. The highest BCUT2D eigenvalue weighted by atomic mass is 19.1. The molecular formula is C16H12F2O4. The quantitative estimate of drug-likeness (QED) is 0.878. The number of esters is 1. The fourth-order valence-electron chi connectivity index (χ4n) is 2.09. The van der Waals surface area contributed by atoms with E-state index in [-0.39, 0.29) is 28.9 Å². The monoisotopic (exact) mass is 306 g/mol. The highest BCUT2D eigenvalue weighted by molar-refractivity contribution is 6.05. The van der Waals surface area contributed by atoms with Crippen LogP contribution in [0.4, 0.5) is 8.78 Å². The van der Waals surface area contributed by atoms with Gasteiger partial charge in [-0.25, -0.2) is 18.4 Å². The molecule has 2 rings (SSSR count). The summed E-state index contributed by atoms with van der Waals surface area (Å²) in [5, 5.41) is 9.25. The van der Waals surface area contributed by atoms with E-state index in [9.17, 15) is 23.5 Å². The Labute approximate surface area is 125 Å². The maximum absolute atomic E-state index is 14.0. The summed E-state index contributed by atoms with van der Waals surface area (Å²) in [7, 11) is 0. The molecule has 0 aliphatic rings. The van der Waals surface area contributed by atoms with Crippen molar-refractivity contribution >= 4 is 11.9 Å². The van der Waals surface area contributed by atoms with E-state index in [1.807, 2.05) is 0 Å². The molecule has 0 saturated heterocycles. The number of hydrogen-bond donors (Lipinski definition) is 1. The van der Waals surface area contributed by atoms with Crippen LogP contribution >= 0.6 is 0 Å². The predicted molar refractivity (Wildman–Crippen MR) is 74.7 cm³/mol. The summed E-state index contributed by atoms with van der Waals surface area (Å²) < 4.78 is 32.3. The van der Waals surface area contributed by atoms with Crippen LogP contribution in [0, 0.1) is 11.6 Å². The SMILES string of the molecule is CCOC(=O)c1cccc(C(=O)O)c1-c1cc(F)ccc1F. The number of halogens is 2. The molecule has 0 saturated carbocycles. The van der Waals surface area contributed by atoms with E-state index >= 15 is 0 Å². The van der Waals surface area contributed by atoms with Crippen LogP contribution in [-0.2, 0) is 4.74 Å². The molecule has 4 nitrogen and oxygen atoms in total. The minimum atomic E-state index is -1.36. The average Bonchev–Trinajstić information content (AvgIpc) is 2.49. The zero-order valence-corrected chi connectivity index (χ0v) is 11.6. The van der Waals surface area contributed by atoms with E-state index in [4.69, 9.17) is 4.74 Å². The molecule has 114 valence electrons. The zero-order valence-electron chi connectivity index (χ0n) is 11.6. The van der Waals surface area contributed by atoms with Crippen molar-refractivity contribution in [3.63, 3.8) is 0 Å². The Morgan fingerprint density at radius 2 is 1.82 bits per heavy atom. The number of rotatable bonds is 4. The highest BCUT2D eigenvalue weighted by Gasteiger charge is 2.23. The molecule has 0 aliphatic heterocycles. The average molecular weight is 306 g/mol. The Balaban J connectivity index is 2.78. The van der Waals surface area contributed by atoms with Crippen molar-refractivity contribution in [1.82, 2.24) is 0 Å². The number of hydrogen-bond acceptors (Lipinski definition) is 3. The maximum Gasteiger partial charge on any atom is 0.338 e. The van der Waals surface area contributed by atoms with Crippen LogP contribution in [0.5, 0.6) is 0 Å². The molecule has 0 bridgehead atoms. The maximum atomic E-state index is 14.0. The molecule has 0 aliphatic carbocycles. The third-order valence-electron chi connectivity index (χ3n) is 2.99. The molecule has 0 heterocycles. The number of carbonyl (C=O) groups excluding carboxylic acids is 1. The fraction of sp³-hybridized carbons (Fsp3) is 0.125. The van der Waals surface area contributed by atoms with Crippen molar-refractivity contribution in [3.05, 3.63) is 59.2 Å². The largest absolute Gasteiger partial charge is 0.478 e. The van der Waals surface area contributed by atoms with Gasteiger partial charge in [-0.1, -0.05) is 6.07 Å². The van der Waals surface area contributed by atoms with E-state index in [0.717, 1.165) is 18.2 Å². The van der Waals surface area contributed by atoms with Crippen molar-refractivity contribution in [1.29, 1.82) is 0 Å². The van der Waals surface area contributed by atoms with Gasteiger partial charge in [-0.15, -0.1) is 0 Å². The predicted octanol–water partition coefficient (Wildman–Crippen LogP) is 3.51. The van der Waals surface area contributed by atoms with Gasteiger partial charge in [0.1, 0.15) is 11.6 Å². The second-order valence-electron chi connectivity index (χ2n) is 4.38. The van der Waals surface area contributed by atoms with E-state index in [0.29, 0.717) is 0 Å². The summed E-state index contributed by atoms with van der Waals surface area (Å²) in [5.41, 5.74) is -0.951. The molecule has 2 aromatic carbocycles. The Kier molecular flexibility index (Phi) is 4.50. The highest BCUT2D eigenvalue weighted by Crippen LogP contribution is 2.31. The first kappa shape index (κ1) is 15.6. The smallest absolute Gasteiger partial charge is 0.338 e. The summed E-state index contributed by atoms with van der Waals surface area (Å²) in [4.78, 5) is 23.3. The van der Waals surface area contributed by atoms with Gasteiger partial charge >= 0.3 is 11.9 Å². The number of ether oxygens (including phenoxy) is 1. The van der Waals surface area contributed by atoms with Crippen LogP contribution in [0.2, 0.25) is 0 Å². The van der Waals surface area contributed by atoms with Crippen LogP contribution in [0.25, 0.3) is 11.1 Å². The number of carboxylic acids is 1. The van der Waals surface area contributed by atoms with Gasteiger partial charge in [-0.2, -0.15) is 0 Å². The van der Waals surface area contributed by atoms with Crippen LogP contribution < -0.4 is 0 Å². The van der Waals surface area contributed by atoms with Gasteiger partial charge in [0.2, 0.25) is 0 Å². The summed E-state index contributed by atoms with van der Waals surface area (Å²) in [6, 6.07) is 6.50. The van der Waals surface area contributed by atoms with Gasteiger partial charge in [0.05, 0.1) is 17.7 Å². The van der Waals surface area contributed by atoms with Crippen molar-refractivity contribution in [2.75, 3.05) is 6.61 Å². The normalized spacial score (nSPS) is 10.3. The van der Waals surface area contributed by atoms with Crippen LogP contribution in [0.1, 0.15) is 27.6 Å². The van der Waals surface area contributed by atoms with Crippen LogP contribution in [0.3, 0.4) is 0 Å². The van der Waals surface area contributed by atoms with Crippen molar-refractivity contribution in [2.24, 2.45) is 0 Å². The lowest BCUT2D eigenvalue weighted by atomic mass is 9.93. The molecule has 0 radical (unpaired) electrons. The van der Waals surface area contributed by atoms with Crippen molar-refractivity contribution < 1.29 is 28.2 Å². The first-order valence-electron chi connectivity index (χ1n) is 6.44. The molecule has 2 aromatic rings. The second kappa shape index (κ2) is 6.34. The third kappa shape index (κ3) is 2.95. The molecule has 0 fully saturated rings. The lowest BCUT2D eigenvalue weighted by Crippen LogP contribution is -2.11. The number of aromatic carboxylic acids is 1. The minimum absolute atomic E-state index is 0.0706. The topological polar surface area (TPSA) is 63.6 Å². The van der Waals surface area contributed by atoms with E-state index < -0.39 is 23.6 Å². The lowest BCUT2D eigenvalue weighted by molar-refractivity contribution is 0.0527. The summed E-state index contributed by atoms with van der Waals surface area (Å²) in [6.45, 7) is 1.66. The lowest BCUT2D eigenvalue weighted by Gasteiger charge is -2.13. The molecular weight excluding hydrogens is 294 g/mol. The number of carboxylic acid groups (broad SMARTS) is 1. The van der Waals surface area contributed by atoms with Crippen molar-refractivity contribution in [2.45, 2.75) is 6.92 Å². The van der Waals surface area contributed by atoms with Gasteiger partial charge in [-0.05, 0) is 37.3 Å². The molecule has 22 heavy (non-hydrogen) atoms. The second-order valence-corrected chi connectivity index (χ2v) is 4.38. The molecule has 6 heteroatoms. The Hall–Kier alpha value is -2.76. The van der Waals surface area contributed by atoms with Crippen LogP contribution in [-0.4, -0.2) is 23.7 Å². The summed E-state index contributed by atoms with van der Waals surface area (Å²) in [6.07, 6.45) is 0. The number of carbonyl (C=O) groups is 2. The molecule has 0 atom stereocenters. The molecule has 0 unspecified atom stereocenters.